The van der Waals surface area contributed by atoms with Crippen LogP contribution in [0.15, 0.2) is 41.9 Å². The fraction of sp³-hybridized carbons (Fsp3) is 0.176. The first-order valence-electron chi connectivity index (χ1n) is 7.20. The van der Waals surface area contributed by atoms with Gasteiger partial charge in [0.1, 0.15) is 0 Å². The number of fused-ring (bicyclic) bond motifs is 1. The lowest BCUT2D eigenvalue weighted by molar-refractivity contribution is -0.115. The van der Waals surface area contributed by atoms with E-state index in [1.807, 2.05) is 12.1 Å². The van der Waals surface area contributed by atoms with Crippen LogP contribution in [0, 0.1) is 5.82 Å². The summed E-state index contributed by atoms with van der Waals surface area (Å²) in [5.74, 6) is -0.590. The molecule has 3 rings (SSSR count). The first-order valence-corrected chi connectivity index (χ1v) is 8.08. The van der Waals surface area contributed by atoms with Crippen LogP contribution in [0.1, 0.15) is 12.5 Å². The van der Waals surface area contributed by atoms with Crippen molar-refractivity contribution < 1.29 is 13.9 Å². The maximum atomic E-state index is 14.2. The molecule has 0 spiro atoms. The lowest BCUT2D eigenvalue weighted by Crippen LogP contribution is -2.15. The van der Waals surface area contributed by atoms with Crippen LogP contribution in [-0.2, 0) is 11.2 Å². The van der Waals surface area contributed by atoms with E-state index in [1.165, 1.54) is 11.3 Å². The highest BCUT2D eigenvalue weighted by Crippen LogP contribution is 2.23. The zero-order valence-electron chi connectivity index (χ0n) is 12.5. The molecular formula is C17H15FN2O2S. The summed E-state index contributed by atoms with van der Waals surface area (Å²) < 4.78 is 20.4. The van der Waals surface area contributed by atoms with Crippen molar-refractivity contribution in [3.8, 4) is 5.75 Å². The molecule has 0 radical (unpaired) electrons. The minimum Gasteiger partial charge on any atom is -0.491 e. The second-order valence-corrected chi connectivity index (χ2v) is 5.81. The molecule has 0 saturated heterocycles. The van der Waals surface area contributed by atoms with Crippen LogP contribution in [0.5, 0.6) is 5.75 Å². The number of carbonyl (C=O) groups excluding carboxylic acids is 1. The summed E-state index contributed by atoms with van der Waals surface area (Å²) in [5, 5.41) is 2.78. The van der Waals surface area contributed by atoms with E-state index in [0.29, 0.717) is 17.9 Å². The third kappa shape index (κ3) is 3.48. The number of nitrogens with zero attached hydrogens (tertiary/aromatic N) is 1. The zero-order valence-corrected chi connectivity index (χ0v) is 13.3. The fourth-order valence-electron chi connectivity index (χ4n) is 2.27. The molecule has 118 valence electrons. The molecule has 0 fully saturated rings. The van der Waals surface area contributed by atoms with Gasteiger partial charge >= 0.3 is 0 Å². The third-order valence-corrected chi connectivity index (χ3v) is 4.10. The van der Waals surface area contributed by atoms with Crippen molar-refractivity contribution in [1.82, 2.24) is 4.98 Å². The fourth-order valence-corrected chi connectivity index (χ4v) is 2.99. The quantitative estimate of drug-likeness (QED) is 0.769. The number of benzene rings is 2. The molecule has 0 unspecified atom stereocenters. The van der Waals surface area contributed by atoms with Crippen LogP contribution in [0.2, 0.25) is 0 Å². The van der Waals surface area contributed by atoms with Crippen molar-refractivity contribution in [3.63, 3.8) is 0 Å². The molecule has 1 N–H and O–H groups in total. The van der Waals surface area contributed by atoms with Crippen molar-refractivity contribution in [2.75, 3.05) is 11.9 Å². The molecular weight excluding hydrogens is 315 g/mol. The normalized spacial score (nSPS) is 10.7. The summed E-state index contributed by atoms with van der Waals surface area (Å²) in [5.41, 5.74) is 3.63. The van der Waals surface area contributed by atoms with E-state index in [2.05, 4.69) is 10.3 Å². The first-order chi connectivity index (χ1) is 11.2. The van der Waals surface area contributed by atoms with Crippen molar-refractivity contribution >= 4 is 33.1 Å². The van der Waals surface area contributed by atoms with Crippen LogP contribution < -0.4 is 10.1 Å². The Kier molecular flexibility index (Phi) is 4.52. The molecule has 0 aliphatic heterocycles. The highest BCUT2D eigenvalue weighted by atomic mass is 32.1. The van der Waals surface area contributed by atoms with Gasteiger partial charge in [-0.15, -0.1) is 11.3 Å². The maximum absolute atomic E-state index is 14.2. The van der Waals surface area contributed by atoms with Gasteiger partial charge in [0.05, 0.1) is 28.8 Å². The molecule has 0 aliphatic rings. The van der Waals surface area contributed by atoms with Gasteiger partial charge in [0.25, 0.3) is 0 Å². The summed E-state index contributed by atoms with van der Waals surface area (Å²) in [4.78, 5) is 16.3. The molecule has 2 aromatic carbocycles. The van der Waals surface area contributed by atoms with E-state index in [-0.39, 0.29) is 18.1 Å². The molecule has 1 heterocycles. The molecule has 0 atom stereocenters. The van der Waals surface area contributed by atoms with Crippen LogP contribution in [-0.4, -0.2) is 17.5 Å². The largest absolute Gasteiger partial charge is 0.491 e. The number of rotatable bonds is 5. The van der Waals surface area contributed by atoms with E-state index in [1.54, 1.807) is 36.7 Å². The predicted molar refractivity (Wildman–Crippen MR) is 89.5 cm³/mol. The number of hydrogen-bond donors (Lipinski definition) is 1. The number of nitrogens with one attached hydrogen (secondary N) is 1. The Hall–Kier alpha value is -2.47. The summed E-state index contributed by atoms with van der Waals surface area (Å²) in [6, 6.07) is 10.3. The van der Waals surface area contributed by atoms with Gasteiger partial charge < -0.3 is 10.1 Å². The van der Waals surface area contributed by atoms with Crippen LogP contribution in [0.3, 0.4) is 0 Å². The Labute approximate surface area is 136 Å². The zero-order chi connectivity index (χ0) is 16.2. The monoisotopic (exact) mass is 330 g/mol. The first kappa shape index (κ1) is 15.4. The van der Waals surface area contributed by atoms with Gasteiger partial charge in [0.15, 0.2) is 11.6 Å². The van der Waals surface area contributed by atoms with E-state index >= 15 is 0 Å². The third-order valence-electron chi connectivity index (χ3n) is 3.31. The van der Waals surface area contributed by atoms with Gasteiger partial charge in [0.2, 0.25) is 5.91 Å². The second kappa shape index (κ2) is 6.75. The van der Waals surface area contributed by atoms with Crippen molar-refractivity contribution in [1.29, 1.82) is 0 Å². The van der Waals surface area contributed by atoms with Gasteiger partial charge in [-0.1, -0.05) is 12.1 Å². The Morgan fingerprint density at radius 1 is 1.35 bits per heavy atom. The molecule has 6 heteroatoms. The number of anilines is 1. The average molecular weight is 330 g/mol. The molecule has 0 aliphatic carbocycles. The molecule has 0 bridgehead atoms. The lowest BCUT2D eigenvalue weighted by Gasteiger charge is -2.09. The molecule has 0 saturated carbocycles. The molecule has 1 amide bonds. The Morgan fingerprint density at radius 2 is 2.22 bits per heavy atom. The van der Waals surface area contributed by atoms with Gasteiger partial charge in [-0.25, -0.2) is 9.37 Å². The highest BCUT2D eigenvalue weighted by molar-refractivity contribution is 7.16. The number of halogens is 1. The van der Waals surface area contributed by atoms with Crippen molar-refractivity contribution in [3.05, 3.63) is 53.3 Å². The predicted octanol–water partition coefficient (Wildman–Crippen LogP) is 4.02. The van der Waals surface area contributed by atoms with Crippen molar-refractivity contribution in [2.24, 2.45) is 0 Å². The number of carbonyl (C=O) groups is 1. The standard InChI is InChI=1S/C17H15FN2O2S/c1-2-22-14-5-3-4-11(17(14)18)8-16(21)20-12-6-7-13-15(9-12)23-10-19-13/h3-7,9-10H,2,8H2,1H3,(H,20,21). The maximum Gasteiger partial charge on any atom is 0.228 e. The molecule has 1 aromatic heterocycles. The van der Waals surface area contributed by atoms with Crippen LogP contribution in [0.25, 0.3) is 10.2 Å². The van der Waals surface area contributed by atoms with E-state index < -0.39 is 5.82 Å². The van der Waals surface area contributed by atoms with Crippen molar-refractivity contribution in [2.45, 2.75) is 13.3 Å². The number of aromatic nitrogens is 1. The number of thiazole rings is 1. The van der Waals surface area contributed by atoms with Gasteiger partial charge in [-0.3, -0.25) is 4.79 Å². The minimum atomic E-state index is -0.484. The van der Waals surface area contributed by atoms with E-state index in [9.17, 15) is 9.18 Å². The molecule has 23 heavy (non-hydrogen) atoms. The summed E-state index contributed by atoms with van der Waals surface area (Å²) in [6.07, 6.45) is -0.0481. The van der Waals surface area contributed by atoms with Gasteiger partial charge in [-0.2, -0.15) is 0 Å². The van der Waals surface area contributed by atoms with Crippen LogP contribution in [0.4, 0.5) is 10.1 Å². The smallest absolute Gasteiger partial charge is 0.228 e. The second-order valence-electron chi connectivity index (χ2n) is 4.92. The Bertz CT molecular complexity index is 847. The highest BCUT2D eigenvalue weighted by Gasteiger charge is 2.13. The van der Waals surface area contributed by atoms with Gasteiger partial charge in [0, 0.05) is 11.3 Å². The molecule has 3 aromatic rings. The molecule has 4 nitrogen and oxygen atoms in total. The average Bonchev–Trinajstić information content (AvgIpc) is 2.99. The summed E-state index contributed by atoms with van der Waals surface area (Å²) in [7, 11) is 0. The SMILES string of the molecule is CCOc1cccc(CC(=O)Nc2ccc3ncsc3c2)c1F. The minimum absolute atomic E-state index is 0.0481. The number of hydrogen-bond acceptors (Lipinski definition) is 4. The number of ether oxygens (including phenoxy) is 1. The Balaban J connectivity index is 1.73. The summed E-state index contributed by atoms with van der Waals surface area (Å²) in [6.45, 7) is 2.16. The summed E-state index contributed by atoms with van der Waals surface area (Å²) >= 11 is 1.50. The Morgan fingerprint density at radius 3 is 3.04 bits per heavy atom. The number of amides is 1. The lowest BCUT2D eigenvalue weighted by atomic mass is 10.1. The topological polar surface area (TPSA) is 51.2 Å². The van der Waals surface area contributed by atoms with E-state index in [4.69, 9.17) is 4.74 Å². The van der Waals surface area contributed by atoms with Crippen LogP contribution >= 0.6 is 11.3 Å². The van der Waals surface area contributed by atoms with Gasteiger partial charge in [-0.05, 0) is 31.2 Å². The van der Waals surface area contributed by atoms with E-state index in [0.717, 1.165) is 10.2 Å².